The van der Waals surface area contributed by atoms with Gasteiger partial charge < -0.3 is 5.11 Å². The third-order valence-electron chi connectivity index (χ3n) is 8.02. The standard InChI is InChI=1S/C36H28N2O4S2/c1-23-14-16-28(17-15-23)44(41,42)38-31-13-5-4-12-29(31)33(30-18-19-43-32(30)22-37)34(38)26-10-6-8-24(20-26)25-9-7-11-27(21-25)36(2,3)35(39)40/h4-21H,1-3H3,(H,39,40). The van der Waals surface area contributed by atoms with Crippen LogP contribution in [0.1, 0.15) is 29.9 Å². The van der Waals surface area contributed by atoms with Crippen molar-refractivity contribution in [2.24, 2.45) is 0 Å². The maximum Gasteiger partial charge on any atom is 0.313 e. The van der Waals surface area contributed by atoms with Crippen LogP contribution >= 0.6 is 11.3 Å². The summed E-state index contributed by atoms with van der Waals surface area (Å²) in [6, 6.07) is 33.2. The predicted octanol–water partition coefficient (Wildman–Crippen LogP) is 8.48. The van der Waals surface area contributed by atoms with Crippen molar-refractivity contribution in [3.05, 3.63) is 125 Å². The molecule has 0 saturated carbocycles. The molecule has 6 nitrogen and oxygen atoms in total. The third-order valence-corrected chi connectivity index (χ3v) is 10.6. The summed E-state index contributed by atoms with van der Waals surface area (Å²) in [6.45, 7) is 5.24. The van der Waals surface area contributed by atoms with Gasteiger partial charge in [0.05, 0.1) is 21.5 Å². The summed E-state index contributed by atoms with van der Waals surface area (Å²) in [4.78, 5) is 12.6. The number of rotatable bonds is 7. The van der Waals surface area contributed by atoms with Crippen molar-refractivity contribution in [2.75, 3.05) is 0 Å². The van der Waals surface area contributed by atoms with Crippen LogP contribution in [-0.2, 0) is 20.2 Å². The molecule has 2 aromatic heterocycles. The molecule has 0 radical (unpaired) electrons. The molecule has 0 unspecified atom stereocenters. The molecule has 0 atom stereocenters. The summed E-state index contributed by atoms with van der Waals surface area (Å²) in [7, 11) is -4.09. The molecule has 0 fully saturated rings. The van der Waals surface area contributed by atoms with Crippen LogP contribution in [0.3, 0.4) is 0 Å². The van der Waals surface area contributed by atoms with Gasteiger partial charge in [0, 0.05) is 22.1 Å². The number of nitriles is 1. The molecule has 44 heavy (non-hydrogen) atoms. The number of fused-ring (bicyclic) bond motifs is 1. The minimum absolute atomic E-state index is 0.155. The lowest BCUT2D eigenvalue weighted by Crippen LogP contribution is -2.28. The van der Waals surface area contributed by atoms with E-state index in [0.29, 0.717) is 43.7 Å². The molecule has 0 saturated heterocycles. The minimum atomic E-state index is -4.09. The fourth-order valence-electron chi connectivity index (χ4n) is 5.46. The first kappa shape index (κ1) is 29.1. The zero-order valence-corrected chi connectivity index (χ0v) is 25.9. The van der Waals surface area contributed by atoms with Crippen LogP contribution in [0.2, 0.25) is 0 Å². The first-order valence-electron chi connectivity index (χ1n) is 13.9. The second kappa shape index (κ2) is 10.9. The lowest BCUT2D eigenvalue weighted by Gasteiger charge is -2.20. The molecule has 0 aliphatic rings. The van der Waals surface area contributed by atoms with Crippen molar-refractivity contribution in [3.8, 4) is 39.6 Å². The molecule has 0 aliphatic carbocycles. The molecule has 218 valence electrons. The smallest absolute Gasteiger partial charge is 0.313 e. The lowest BCUT2D eigenvalue weighted by molar-refractivity contribution is -0.142. The Balaban J connectivity index is 1.67. The summed E-state index contributed by atoms with van der Waals surface area (Å²) in [5.74, 6) is -0.928. The number of aromatic nitrogens is 1. The van der Waals surface area contributed by atoms with Crippen LogP contribution in [0.5, 0.6) is 0 Å². The molecular weight excluding hydrogens is 589 g/mol. The number of benzene rings is 4. The van der Waals surface area contributed by atoms with Crippen molar-refractivity contribution in [1.82, 2.24) is 3.97 Å². The van der Waals surface area contributed by atoms with Gasteiger partial charge in [0.1, 0.15) is 10.9 Å². The van der Waals surface area contributed by atoms with Gasteiger partial charge >= 0.3 is 5.97 Å². The number of carboxylic acid groups (broad SMARTS) is 1. The van der Waals surface area contributed by atoms with Crippen LogP contribution < -0.4 is 0 Å². The quantitative estimate of drug-likeness (QED) is 0.194. The SMILES string of the molecule is Cc1ccc(S(=O)(=O)n2c(-c3cccc(-c4cccc(C(C)(C)C(=O)O)c4)c3)c(-c3ccsc3C#N)c3ccccc32)cc1. The molecule has 0 amide bonds. The number of carbonyl (C=O) groups is 1. The number of hydrogen-bond acceptors (Lipinski definition) is 5. The van der Waals surface area contributed by atoms with Crippen LogP contribution in [-0.4, -0.2) is 23.5 Å². The Morgan fingerprint density at radius 3 is 2.23 bits per heavy atom. The highest BCUT2D eigenvalue weighted by atomic mass is 32.2. The largest absolute Gasteiger partial charge is 0.481 e. The lowest BCUT2D eigenvalue weighted by atomic mass is 9.83. The average Bonchev–Trinajstić information content (AvgIpc) is 3.64. The summed E-state index contributed by atoms with van der Waals surface area (Å²) in [5.41, 5.74) is 5.02. The fourth-order valence-corrected chi connectivity index (χ4v) is 7.70. The van der Waals surface area contributed by atoms with Crippen molar-refractivity contribution >= 4 is 38.2 Å². The number of carboxylic acids is 1. The van der Waals surface area contributed by atoms with Gasteiger partial charge in [0.2, 0.25) is 0 Å². The Kier molecular flexibility index (Phi) is 7.24. The molecular formula is C36H28N2O4S2. The van der Waals surface area contributed by atoms with Gasteiger partial charge in [-0.05, 0) is 73.2 Å². The first-order chi connectivity index (χ1) is 21.0. The summed E-state index contributed by atoms with van der Waals surface area (Å²) >= 11 is 1.31. The number of nitrogens with zero attached hydrogens (tertiary/aromatic N) is 2. The molecule has 0 aliphatic heterocycles. The molecule has 6 aromatic rings. The van der Waals surface area contributed by atoms with Gasteiger partial charge in [-0.15, -0.1) is 11.3 Å². The van der Waals surface area contributed by atoms with Gasteiger partial charge in [-0.3, -0.25) is 4.79 Å². The highest BCUT2D eigenvalue weighted by Gasteiger charge is 2.31. The third kappa shape index (κ3) is 4.80. The second-order valence-electron chi connectivity index (χ2n) is 11.2. The van der Waals surface area contributed by atoms with Crippen molar-refractivity contribution in [2.45, 2.75) is 31.1 Å². The normalized spacial score (nSPS) is 11.9. The summed E-state index contributed by atoms with van der Waals surface area (Å²) < 4.78 is 30.4. The molecule has 4 aromatic carbocycles. The highest BCUT2D eigenvalue weighted by Crippen LogP contribution is 2.45. The van der Waals surface area contributed by atoms with Crippen LogP contribution in [0, 0.1) is 18.3 Å². The highest BCUT2D eigenvalue weighted by molar-refractivity contribution is 7.90. The maximum absolute atomic E-state index is 14.5. The first-order valence-corrected chi connectivity index (χ1v) is 16.2. The second-order valence-corrected chi connectivity index (χ2v) is 13.9. The summed E-state index contributed by atoms with van der Waals surface area (Å²) in [6.07, 6.45) is 0. The van der Waals surface area contributed by atoms with E-state index in [4.69, 9.17) is 0 Å². The molecule has 6 rings (SSSR count). The van der Waals surface area contributed by atoms with Crippen molar-refractivity contribution in [1.29, 1.82) is 5.26 Å². The van der Waals surface area contributed by atoms with Crippen molar-refractivity contribution in [3.63, 3.8) is 0 Å². The van der Waals surface area contributed by atoms with E-state index in [1.807, 2.05) is 79.0 Å². The van der Waals surface area contributed by atoms with Crippen LogP contribution in [0.25, 0.3) is 44.4 Å². The number of aliphatic carboxylic acids is 1. The van der Waals surface area contributed by atoms with Gasteiger partial charge in [-0.1, -0.05) is 78.4 Å². The van der Waals surface area contributed by atoms with Crippen molar-refractivity contribution < 1.29 is 18.3 Å². The minimum Gasteiger partial charge on any atom is -0.481 e. The fraction of sp³-hybridized carbons (Fsp3) is 0.111. The van der Waals surface area contributed by atoms with Gasteiger partial charge in [0.25, 0.3) is 10.0 Å². The van der Waals surface area contributed by atoms with Gasteiger partial charge in [-0.2, -0.15) is 5.26 Å². The van der Waals surface area contributed by atoms with Gasteiger partial charge in [-0.25, -0.2) is 12.4 Å². The van der Waals surface area contributed by atoms with E-state index in [1.165, 1.54) is 15.3 Å². The molecule has 0 bridgehead atoms. The number of hydrogen-bond donors (Lipinski definition) is 1. The van der Waals surface area contributed by atoms with Crippen LogP contribution in [0.4, 0.5) is 0 Å². The molecule has 0 spiro atoms. The van der Waals surface area contributed by atoms with Crippen LogP contribution in [0.15, 0.2) is 113 Å². The molecule has 2 heterocycles. The number of para-hydroxylation sites is 1. The number of thiophene rings is 1. The molecule has 8 heteroatoms. The van der Waals surface area contributed by atoms with E-state index in [2.05, 4.69) is 6.07 Å². The van der Waals surface area contributed by atoms with E-state index in [1.54, 1.807) is 50.2 Å². The Morgan fingerprint density at radius 2 is 1.52 bits per heavy atom. The van der Waals surface area contributed by atoms with E-state index >= 15 is 0 Å². The summed E-state index contributed by atoms with van der Waals surface area (Å²) in [5, 5.41) is 22.4. The Morgan fingerprint density at radius 1 is 0.864 bits per heavy atom. The number of aryl methyl sites for hydroxylation is 1. The van der Waals surface area contributed by atoms with E-state index in [0.717, 1.165) is 16.7 Å². The Labute approximate surface area is 260 Å². The van der Waals surface area contributed by atoms with E-state index in [-0.39, 0.29) is 4.90 Å². The molecule has 1 N–H and O–H groups in total. The topological polar surface area (TPSA) is 100 Å². The van der Waals surface area contributed by atoms with Gasteiger partial charge in [0.15, 0.2) is 0 Å². The zero-order chi connectivity index (χ0) is 31.2. The van der Waals surface area contributed by atoms with E-state index in [9.17, 15) is 23.6 Å². The monoisotopic (exact) mass is 616 g/mol. The van der Waals surface area contributed by atoms with E-state index < -0.39 is 21.4 Å². The Bertz CT molecular complexity index is 2220. The average molecular weight is 617 g/mol. The maximum atomic E-state index is 14.5. The predicted molar refractivity (Wildman–Crippen MR) is 175 cm³/mol. The Hall–Kier alpha value is -4.97. The zero-order valence-electron chi connectivity index (χ0n) is 24.3.